The minimum absolute atomic E-state index is 0.540. The third-order valence-electron chi connectivity index (χ3n) is 3.75. The van der Waals surface area contributed by atoms with Crippen molar-refractivity contribution in [3.05, 3.63) is 78.0 Å². The quantitative estimate of drug-likeness (QED) is 0.408. The molecule has 0 amide bonds. The maximum Gasteiger partial charge on any atom is 0.0736 e. The highest BCUT2D eigenvalue weighted by Crippen LogP contribution is 2.22. The smallest absolute Gasteiger partial charge is 0.0736 e. The Hall–Kier alpha value is -2.15. The summed E-state index contributed by atoms with van der Waals surface area (Å²) in [7, 11) is 0. The van der Waals surface area contributed by atoms with Crippen molar-refractivity contribution in [3.8, 4) is 0 Å². The molecule has 0 bridgehead atoms. The van der Waals surface area contributed by atoms with Crippen molar-refractivity contribution in [1.82, 2.24) is 4.98 Å². The number of hydrogen-bond acceptors (Lipinski definition) is 1. The van der Waals surface area contributed by atoms with Crippen LogP contribution in [-0.4, -0.2) is 4.98 Å². The van der Waals surface area contributed by atoms with Gasteiger partial charge in [0.1, 0.15) is 0 Å². The minimum Gasteiger partial charge on any atom is -0.256 e. The van der Waals surface area contributed by atoms with Gasteiger partial charge >= 0.3 is 0 Å². The van der Waals surface area contributed by atoms with Gasteiger partial charge in [0.05, 0.1) is 5.52 Å². The molecule has 170 valence electrons. The van der Waals surface area contributed by atoms with E-state index in [0.717, 1.165) is 5.52 Å². The predicted molar refractivity (Wildman–Crippen MR) is 142 cm³/mol. The highest BCUT2D eigenvalue weighted by atomic mass is 14.6. The number of aromatic nitrogens is 1. The predicted octanol–water partition coefficient (Wildman–Crippen LogP) is 10.3. The van der Waals surface area contributed by atoms with E-state index in [1.165, 1.54) is 16.5 Å². The summed E-state index contributed by atoms with van der Waals surface area (Å²) in [5, 5.41) is 1.23. The Morgan fingerprint density at radius 3 is 1.47 bits per heavy atom. The minimum atomic E-state index is 0.540. The Morgan fingerprint density at radius 2 is 1.03 bits per heavy atom. The molecular weight excluding hydrogens is 362 g/mol. The Morgan fingerprint density at radius 1 is 0.533 bits per heavy atom. The first kappa shape index (κ1) is 32.5. The molecule has 0 aliphatic rings. The number of rotatable bonds is 2. The number of nitrogens with zero attached hydrogens (tertiary/aromatic N) is 1. The fraction of sp³-hybridized carbons (Fsp3) is 0.483. The summed E-state index contributed by atoms with van der Waals surface area (Å²) in [5.74, 6) is 1.20. The van der Waals surface area contributed by atoms with Crippen LogP contribution in [0, 0.1) is 0 Å². The van der Waals surface area contributed by atoms with Gasteiger partial charge in [0, 0.05) is 11.6 Å². The average Bonchev–Trinajstić information content (AvgIpc) is 2.84. The van der Waals surface area contributed by atoms with Gasteiger partial charge in [-0.2, -0.15) is 0 Å². The van der Waals surface area contributed by atoms with Crippen LogP contribution in [0.1, 0.15) is 106 Å². The summed E-state index contributed by atoms with van der Waals surface area (Å²) >= 11 is 0. The maximum atomic E-state index is 4.40. The van der Waals surface area contributed by atoms with Gasteiger partial charge in [0.2, 0.25) is 0 Å². The lowest BCUT2D eigenvalue weighted by atomic mass is 10.00. The van der Waals surface area contributed by atoms with Gasteiger partial charge < -0.3 is 0 Å². The lowest BCUT2D eigenvalue weighted by Gasteiger charge is -2.07. The maximum absolute atomic E-state index is 4.40. The van der Waals surface area contributed by atoms with Crippen LogP contribution in [0.15, 0.2) is 66.9 Å². The van der Waals surface area contributed by atoms with E-state index < -0.39 is 0 Å². The van der Waals surface area contributed by atoms with Gasteiger partial charge in [-0.3, -0.25) is 4.98 Å². The molecule has 0 radical (unpaired) electrons. The molecule has 1 nitrogen and oxygen atoms in total. The van der Waals surface area contributed by atoms with E-state index in [1.54, 1.807) is 0 Å². The first-order valence-corrected chi connectivity index (χ1v) is 12.0. The Bertz CT molecular complexity index is 694. The Balaban J connectivity index is -0.000000377. The van der Waals surface area contributed by atoms with E-state index in [-0.39, 0.29) is 0 Å². The van der Waals surface area contributed by atoms with Crippen molar-refractivity contribution in [2.75, 3.05) is 0 Å². The molecule has 30 heavy (non-hydrogen) atoms. The molecule has 0 unspecified atom stereocenters. The molecule has 0 N–H and O–H groups in total. The molecule has 3 aromatic rings. The first-order valence-electron chi connectivity index (χ1n) is 12.0. The summed E-state index contributed by atoms with van der Waals surface area (Å²) in [6.45, 7) is 24.8. The van der Waals surface area contributed by atoms with E-state index in [1.807, 2.05) is 73.7 Å². The largest absolute Gasteiger partial charge is 0.256 e. The SMILES string of the molecule is CC.CC.CC.CC.CC(C)c1cccc2cccnc12.CC(C)c1ccccc1. The molecule has 0 aliphatic carbocycles. The highest BCUT2D eigenvalue weighted by molar-refractivity contribution is 5.81. The number of benzene rings is 2. The Labute approximate surface area is 189 Å². The zero-order valence-electron chi connectivity index (χ0n) is 22.0. The van der Waals surface area contributed by atoms with Gasteiger partial charge in [-0.25, -0.2) is 0 Å². The van der Waals surface area contributed by atoms with Crippen molar-refractivity contribution < 1.29 is 0 Å². The summed E-state index contributed by atoms with van der Waals surface area (Å²) < 4.78 is 0. The third kappa shape index (κ3) is 13.1. The van der Waals surface area contributed by atoms with Crippen molar-refractivity contribution in [1.29, 1.82) is 0 Å². The topological polar surface area (TPSA) is 12.9 Å². The summed E-state index contributed by atoms with van der Waals surface area (Å²) in [6.07, 6.45) is 1.86. The van der Waals surface area contributed by atoms with E-state index in [0.29, 0.717) is 11.8 Å². The molecule has 1 aromatic heterocycles. The third-order valence-corrected chi connectivity index (χ3v) is 3.75. The van der Waals surface area contributed by atoms with Crippen molar-refractivity contribution in [2.24, 2.45) is 0 Å². The monoisotopic (exact) mass is 411 g/mol. The molecular formula is C29H49N. The van der Waals surface area contributed by atoms with E-state index in [9.17, 15) is 0 Å². The van der Waals surface area contributed by atoms with Gasteiger partial charge in [0.15, 0.2) is 0 Å². The molecule has 0 fully saturated rings. The fourth-order valence-corrected chi connectivity index (χ4v) is 2.43. The van der Waals surface area contributed by atoms with Crippen molar-refractivity contribution >= 4 is 10.9 Å². The number of fused-ring (bicyclic) bond motifs is 1. The van der Waals surface area contributed by atoms with Gasteiger partial charge in [0.25, 0.3) is 0 Å². The number of pyridine rings is 1. The summed E-state index contributed by atoms with van der Waals surface area (Å²) in [6, 6.07) is 21.0. The second-order valence-electron chi connectivity index (χ2n) is 6.14. The van der Waals surface area contributed by atoms with Crippen LogP contribution in [0.25, 0.3) is 10.9 Å². The van der Waals surface area contributed by atoms with Crippen LogP contribution in [0.4, 0.5) is 0 Å². The van der Waals surface area contributed by atoms with Crippen LogP contribution >= 0.6 is 0 Å². The van der Waals surface area contributed by atoms with Crippen LogP contribution in [0.3, 0.4) is 0 Å². The lowest BCUT2D eigenvalue weighted by Crippen LogP contribution is -1.90. The molecule has 0 atom stereocenters. The second-order valence-corrected chi connectivity index (χ2v) is 6.14. The summed E-state index contributed by atoms with van der Waals surface area (Å²) in [5.41, 5.74) is 3.88. The number of hydrogen-bond donors (Lipinski definition) is 0. The average molecular weight is 412 g/mol. The normalized spacial score (nSPS) is 8.60. The first-order chi connectivity index (χ1) is 14.6. The zero-order valence-corrected chi connectivity index (χ0v) is 22.0. The van der Waals surface area contributed by atoms with E-state index in [2.05, 4.69) is 81.2 Å². The van der Waals surface area contributed by atoms with Gasteiger partial charge in [-0.1, -0.05) is 138 Å². The summed E-state index contributed by atoms with van der Waals surface area (Å²) in [4.78, 5) is 4.40. The van der Waals surface area contributed by atoms with Crippen molar-refractivity contribution in [2.45, 2.75) is 94.9 Å². The number of para-hydroxylation sites is 1. The van der Waals surface area contributed by atoms with E-state index in [4.69, 9.17) is 0 Å². The molecule has 1 heterocycles. The van der Waals surface area contributed by atoms with Crippen LogP contribution in [-0.2, 0) is 0 Å². The fourth-order valence-electron chi connectivity index (χ4n) is 2.43. The highest BCUT2D eigenvalue weighted by Gasteiger charge is 2.04. The van der Waals surface area contributed by atoms with Crippen LogP contribution in [0.2, 0.25) is 0 Å². The molecule has 1 heteroatoms. The molecule has 2 aromatic carbocycles. The lowest BCUT2D eigenvalue weighted by molar-refractivity contribution is 0.867. The molecule has 0 saturated carbocycles. The molecule has 0 saturated heterocycles. The van der Waals surface area contributed by atoms with E-state index >= 15 is 0 Å². The van der Waals surface area contributed by atoms with Gasteiger partial charge in [-0.15, -0.1) is 0 Å². The standard InChI is InChI=1S/C12H13N.C9H12.4C2H6/c1-9(2)11-7-3-5-10-6-4-8-13-12(10)11;1-8(2)9-6-4-3-5-7-9;4*1-2/h3-9H,1-2H3;3-8H,1-2H3;4*1-2H3. The Kier molecular flexibility index (Phi) is 25.1. The van der Waals surface area contributed by atoms with Gasteiger partial charge in [-0.05, 0) is 29.0 Å². The van der Waals surface area contributed by atoms with Crippen LogP contribution in [0.5, 0.6) is 0 Å². The molecule has 0 spiro atoms. The van der Waals surface area contributed by atoms with Crippen LogP contribution < -0.4 is 0 Å². The molecule has 3 rings (SSSR count). The second kappa shape index (κ2) is 23.1. The van der Waals surface area contributed by atoms with Crippen molar-refractivity contribution in [3.63, 3.8) is 0 Å². The molecule has 0 aliphatic heterocycles. The zero-order chi connectivity index (χ0) is 23.9.